The lowest BCUT2D eigenvalue weighted by Crippen LogP contribution is -2.42. The van der Waals surface area contributed by atoms with Gasteiger partial charge in [0, 0.05) is 24.3 Å². The Balaban J connectivity index is 2.27. The van der Waals surface area contributed by atoms with Crippen LogP contribution in [0.5, 0.6) is 0 Å². The van der Waals surface area contributed by atoms with Crippen molar-refractivity contribution in [2.75, 3.05) is 11.4 Å². The molecule has 1 aliphatic rings. The van der Waals surface area contributed by atoms with Crippen molar-refractivity contribution < 1.29 is 14.8 Å². The lowest BCUT2D eigenvalue weighted by Gasteiger charge is -2.37. The van der Waals surface area contributed by atoms with Crippen LogP contribution in [0.3, 0.4) is 0 Å². The first-order valence-corrected chi connectivity index (χ1v) is 6.62. The highest BCUT2D eigenvalue weighted by Crippen LogP contribution is 2.31. The smallest absolute Gasteiger partial charge is 0.306 e. The van der Waals surface area contributed by atoms with Gasteiger partial charge in [0.25, 0.3) is 5.69 Å². The molecule has 0 amide bonds. The predicted octanol–water partition coefficient (Wildman–Crippen LogP) is 2.16. The minimum absolute atomic E-state index is 0.0209. The topological polar surface area (TPSA) is 107 Å². The number of aliphatic carboxylic acids is 1. The highest BCUT2D eigenvalue weighted by Gasteiger charge is 2.30. The van der Waals surface area contributed by atoms with Crippen LogP contribution < -0.4 is 4.90 Å². The Hall–Kier alpha value is -2.62. The minimum Gasteiger partial charge on any atom is -0.481 e. The molecule has 0 saturated carbocycles. The van der Waals surface area contributed by atoms with Crippen LogP contribution in [0.1, 0.15) is 25.3 Å². The number of rotatable bonds is 3. The number of carbonyl (C=O) groups is 1. The average Bonchev–Trinajstić information content (AvgIpc) is 2.46. The second kappa shape index (κ2) is 5.79. The molecule has 21 heavy (non-hydrogen) atoms. The zero-order valence-electron chi connectivity index (χ0n) is 11.5. The summed E-state index contributed by atoms with van der Waals surface area (Å²) in [5, 5.41) is 28.9. The second-order valence-corrected chi connectivity index (χ2v) is 5.17. The van der Waals surface area contributed by atoms with Crippen molar-refractivity contribution >= 4 is 17.3 Å². The van der Waals surface area contributed by atoms with Gasteiger partial charge in [0.05, 0.1) is 10.8 Å². The van der Waals surface area contributed by atoms with Gasteiger partial charge in [-0.25, -0.2) is 0 Å². The molecule has 2 atom stereocenters. The van der Waals surface area contributed by atoms with Gasteiger partial charge in [0.1, 0.15) is 11.6 Å². The molecule has 0 aliphatic carbocycles. The average molecular weight is 289 g/mol. The third-order valence-electron chi connectivity index (χ3n) is 3.86. The lowest BCUT2D eigenvalue weighted by molar-refractivity contribution is -0.385. The number of nitriles is 1. The number of carboxylic acid groups (broad SMARTS) is 1. The monoisotopic (exact) mass is 289 g/mol. The maximum absolute atomic E-state index is 11.0. The van der Waals surface area contributed by atoms with Gasteiger partial charge in [0.15, 0.2) is 0 Å². The molecule has 2 rings (SSSR count). The number of piperidine rings is 1. The van der Waals surface area contributed by atoms with Gasteiger partial charge >= 0.3 is 5.97 Å². The van der Waals surface area contributed by atoms with E-state index in [1.165, 1.54) is 12.1 Å². The molecule has 1 aliphatic heterocycles. The first kappa shape index (κ1) is 14.8. The van der Waals surface area contributed by atoms with Crippen molar-refractivity contribution in [1.82, 2.24) is 0 Å². The quantitative estimate of drug-likeness (QED) is 0.674. The molecule has 1 aromatic carbocycles. The summed E-state index contributed by atoms with van der Waals surface area (Å²) in [5.74, 6) is -1.17. The van der Waals surface area contributed by atoms with Crippen LogP contribution in [-0.4, -0.2) is 28.6 Å². The number of nitrogens with zero attached hydrogens (tertiary/aromatic N) is 3. The number of benzene rings is 1. The SMILES string of the molecule is CC1CC(C(=O)O)CCN1c1ccc(C#N)c([N+](=O)[O-])c1. The summed E-state index contributed by atoms with van der Waals surface area (Å²) in [5.41, 5.74) is 0.455. The predicted molar refractivity (Wildman–Crippen MR) is 75.0 cm³/mol. The summed E-state index contributed by atoms with van der Waals surface area (Å²) >= 11 is 0. The molecular formula is C14H15N3O4. The summed E-state index contributed by atoms with van der Waals surface area (Å²) in [7, 11) is 0. The highest BCUT2D eigenvalue weighted by atomic mass is 16.6. The van der Waals surface area contributed by atoms with Crippen LogP contribution >= 0.6 is 0 Å². The summed E-state index contributed by atoms with van der Waals surface area (Å²) in [6.07, 6.45) is 1.01. The van der Waals surface area contributed by atoms with Crippen molar-refractivity contribution in [3.63, 3.8) is 0 Å². The molecule has 1 N–H and O–H groups in total. The molecule has 0 radical (unpaired) electrons. The van der Waals surface area contributed by atoms with Gasteiger partial charge in [-0.15, -0.1) is 0 Å². The highest BCUT2D eigenvalue weighted by molar-refractivity contribution is 5.71. The van der Waals surface area contributed by atoms with Crippen LogP contribution in [0.2, 0.25) is 0 Å². The Bertz CT molecular complexity index is 623. The molecule has 1 heterocycles. The van der Waals surface area contributed by atoms with Crippen LogP contribution in [0, 0.1) is 27.4 Å². The van der Waals surface area contributed by atoms with Crippen LogP contribution in [0.15, 0.2) is 18.2 Å². The molecular weight excluding hydrogens is 274 g/mol. The van der Waals surface area contributed by atoms with E-state index in [2.05, 4.69) is 0 Å². The van der Waals surface area contributed by atoms with Gasteiger partial charge < -0.3 is 10.0 Å². The van der Waals surface area contributed by atoms with Crippen LogP contribution in [0.25, 0.3) is 0 Å². The van der Waals surface area contributed by atoms with E-state index in [-0.39, 0.29) is 23.2 Å². The molecule has 0 bridgehead atoms. The van der Waals surface area contributed by atoms with Crippen molar-refractivity contribution in [2.24, 2.45) is 5.92 Å². The fourth-order valence-electron chi connectivity index (χ4n) is 2.72. The first-order valence-electron chi connectivity index (χ1n) is 6.62. The largest absolute Gasteiger partial charge is 0.481 e. The van der Waals surface area contributed by atoms with Crippen molar-refractivity contribution in [2.45, 2.75) is 25.8 Å². The standard InChI is InChI=1S/C14H15N3O4/c1-9-6-10(14(18)19)4-5-16(9)12-3-2-11(8-15)13(7-12)17(20)21/h2-3,7,9-10H,4-6H2,1H3,(H,18,19). The van der Waals surface area contributed by atoms with E-state index in [0.717, 1.165) is 0 Å². The molecule has 0 spiro atoms. The Kier molecular flexibility index (Phi) is 4.08. The normalized spacial score (nSPS) is 21.6. The Morgan fingerprint density at radius 3 is 2.81 bits per heavy atom. The summed E-state index contributed by atoms with van der Waals surface area (Å²) in [4.78, 5) is 23.4. The van der Waals surface area contributed by atoms with Gasteiger partial charge in [-0.3, -0.25) is 14.9 Å². The van der Waals surface area contributed by atoms with E-state index < -0.39 is 10.9 Å². The van der Waals surface area contributed by atoms with Gasteiger partial charge in [0.2, 0.25) is 0 Å². The number of hydrogen-bond acceptors (Lipinski definition) is 5. The van der Waals surface area contributed by atoms with E-state index in [4.69, 9.17) is 10.4 Å². The molecule has 1 aromatic rings. The zero-order valence-corrected chi connectivity index (χ0v) is 11.5. The van der Waals surface area contributed by atoms with Crippen molar-refractivity contribution in [1.29, 1.82) is 5.26 Å². The molecule has 7 nitrogen and oxygen atoms in total. The van der Waals surface area contributed by atoms with E-state index in [0.29, 0.717) is 25.1 Å². The first-order chi connectivity index (χ1) is 9.93. The Labute approximate surface area is 121 Å². The van der Waals surface area contributed by atoms with Gasteiger partial charge in [-0.1, -0.05) is 0 Å². The van der Waals surface area contributed by atoms with E-state index in [1.807, 2.05) is 11.8 Å². The number of nitro benzene ring substituents is 1. The van der Waals surface area contributed by atoms with E-state index in [1.54, 1.807) is 12.1 Å². The van der Waals surface area contributed by atoms with Crippen molar-refractivity contribution in [3.05, 3.63) is 33.9 Å². The van der Waals surface area contributed by atoms with Crippen molar-refractivity contribution in [3.8, 4) is 6.07 Å². The number of hydrogen-bond donors (Lipinski definition) is 1. The summed E-state index contributed by atoms with van der Waals surface area (Å²) < 4.78 is 0. The number of carboxylic acids is 1. The second-order valence-electron chi connectivity index (χ2n) is 5.17. The molecule has 1 saturated heterocycles. The van der Waals surface area contributed by atoms with E-state index >= 15 is 0 Å². The fourth-order valence-corrected chi connectivity index (χ4v) is 2.72. The third-order valence-corrected chi connectivity index (χ3v) is 3.86. The fraction of sp³-hybridized carbons (Fsp3) is 0.429. The lowest BCUT2D eigenvalue weighted by atomic mass is 9.91. The molecule has 7 heteroatoms. The third kappa shape index (κ3) is 2.94. The maximum atomic E-state index is 11.0. The molecule has 2 unspecified atom stereocenters. The van der Waals surface area contributed by atoms with E-state index in [9.17, 15) is 14.9 Å². The number of anilines is 1. The van der Waals surface area contributed by atoms with Crippen LogP contribution in [0.4, 0.5) is 11.4 Å². The summed E-state index contributed by atoms with van der Waals surface area (Å²) in [6, 6.07) is 6.27. The maximum Gasteiger partial charge on any atom is 0.306 e. The summed E-state index contributed by atoms with van der Waals surface area (Å²) in [6.45, 7) is 2.43. The Morgan fingerprint density at radius 1 is 1.57 bits per heavy atom. The molecule has 1 fully saturated rings. The van der Waals surface area contributed by atoms with Gasteiger partial charge in [-0.05, 0) is 31.9 Å². The zero-order chi connectivity index (χ0) is 15.6. The number of nitro groups is 1. The van der Waals surface area contributed by atoms with Crippen LogP contribution in [-0.2, 0) is 4.79 Å². The van der Waals surface area contributed by atoms with Gasteiger partial charge in [-0.2, -0.15) is 5.26 Å². The minimum atomic E-state index is -0.799. The Morgan fingerprint density at radius 2 is 2.29 bits per heavy atom. The molecule has 0 aromatic heterocycles. The molecule has 110 valence electrons.